The van der Waals surface area contributed by atoms with Crippen LogP contribution in [0.1, 0.15) is 125 Å². The van der Waals surface area contributed by atoms with Crippen molar-refractivity contribution >= 4 is 124 Å². The average molecular weight is 1380 g/mol. The van der Waals surface area contributed by atoms with Crippen LogP contribution in [0, 0.1) is 25.2 Å². The molecule has 2 aliphatic heterocycles. The summed E-state index contributed by atoms with van der Waals surface area (Å²) in [5.41, 5.74) is 15.9. The van der Waals surface area contributed by atoms with E-state index in [2.05, 4.69) is 36.6 Å². The Labute approximate surface area is 560 Å². The molecule has 1 saturated carbocycles. The Hall–Kier alpha value is -8.14. The van der Waals surface area contributed by atoms with Crippen LogP contribution in [0.15, 0.2) is 48.8 Å². The van der Waals surface area contributed by atoms with Gasteiger partial charge in [0.15, 0.2) is 11.5 Å². The van der Waals surface area contributed by atoms with Crippen LogP contribution >= 0.6 is 31.0 Å². The Kier molecular flexibility index (Phi) is 24.2. The summed E-state index contributed by atoms with van der Waals surface area (Å²) in [6, 6.07) is 5.66. The van der Waals surface area contributed by atoms with E-state index in [-0.39, 0.29) is 112 Å². The minimum atomic E-state index is -5.00. The molecule has 0 unspecified atom stereocenters. The Morgan fingerprint density at radius 2 is 1.34 bits per heavy atom. The number of carbonyl (C=O) groups excluding carboxylic acids is 9. The molecule has 0 radical (unpaired) electrons. The molecule has 1 fully saturated rings. The van der Waals surface area contributed by atoms with E-state index in [0.717, 1.165) is 34.1 Å². The number of aromatic amines is 2. The minimum absolute atomic E-state index is 0.0160. The van der Waals surface area contributed by atoms with Gasteiger partial charge < -0.3 is 81.6 Å². The van der Waals surface area contributed by atoms with Crippen LogP contribution in [0.2, 0.25) is 0 Å². The molecule has 8 rings (SSSR count). The molecule has 3 aliphatic rings. The van der Waals surface area contributed by atoms with Gasteiger partial charge in [0.2, 0.25) is 35.4 Å². The van der Waals surface area contributed by atoms with Gasteiger partial charge in [-0.1, -0.05) is 32.4 Å². The van der Waals surface area contributed by atoms with Crippen molar-refractivity contribution in [3.63, 3.8) is 0 Å². The molecule has 31 heteroatoms. The van der Waals surface area contributed by atoms with E-state index in [9.17, 15) is 52.7 Å². The normalized spacial score (nSPS) is 16.4. The summed E-state index contributed by atoms with van der Waals surface area (Å²) in [4.78, 5) is 153. The number of amides is 10. The first kappa shape index (κ1) is 72.7. The number of anilines is 3. The van der Waals surface area contributed by atoms with Gasteiger partial charge in [-0.3, -0.25) is 38.6 Å². The van der Waals surface area contributed by atoms with Gasteiger partial charge in [0.05, 0.1) is 27.8 Å². The third-order valence-electron chi connectivity index (χ3n) is 17.9. The van der Waals surface area contributed by atoms with Crippen LogP contribution in [-0.2, 0) is 44.7 Å². The van der Waals surface area contributed by atoms with Gasteiger partial charge in [0, 0.05) is 125 Å². The van der Waals surface area contributed by atoms with Gasteiger partial charge in [-0.25, -0.2) is 18.9 Å². The van der Waals surface area contributed by atoms with Crippen molar-refractivity contribution in [3.05, 3.63) is 76.6 Å². The highest BCUT2D eigenvalue weighted by Crippen LogP contribution is 2.54. The summed E-state index contributed by atoms with van der Waals surface area (Å²) in [5, 5.41) is 14.8. The number of carbonyl (C=O) groups is 9. The van der Waals surface area contributed by atoms with Crippen molar-refractivity contribution < 1.29 is 71.5 Å². The molecule has 0 saturated heterocycles. The maximum Gasteiger partial charge on any atom is 0.524 e. The van der Waals surface area contributed by atoms with Gasteiger partial charge in [0.1, 0.15) is 24.7 Å². The smallest absolute Gasteiger partial charge is 0.445 e. The van der Waals surface area contributed by atoms with E-state index < -0.39 is 79.1 Å². The molecular weight excluding hydrogens is 1290 g/mol. The Morgan fingerprint density at radius 3 is 1.89 bits per heavy atom. The number of nitrogens with zero attached hydrogens (tertiary/aromatic N) is 4. The molecule has 2 aromatic heterocycles. The highest BCUT2D eigenvalue weighted by Gasteiger charge is 2.50. The lowest BCUT2D eigenvalue weighted by Crippen LogP contribution is -2.57. The number of alkyl halides is 2. The molecule has 516 valence electrons. The lowest BCUT2D eigenvalue weighted by Gasteiger charge is -2.43. The molecule has 95 heavy (non-hydrogen) atoms. The summed E-state index contributed by atoms with van der Waals surface area (Å²) < 4.78 is 28.9. The number of phosphoric ester groups is 1. The van der Waals surface area contributed by atoms with Crippen LogP contribution in [-0.4, -0.2) is 166 Å². The van der Waals surface area contributed by atoms with E-state index in [1.165, 1.54) is 36.9 Å². The van der Waals surface area contributed by atoms with Crippen molar-refractivity contribution in [2.75, 3.05) is 80.2 Å². The molecule has 13 N–H and O–H groups in total. The number of halogens is 2. The Balaban J connectivity index is 0.866. The maximum absolute atomic E-state index is 15.1. The van der Waals surface area contributed by atoms with Gasteiger partial charge >= 0.3 is 26.0 Å². The molecule has 0 bridgehead atoms. The zero-order valence-corrected chi connectivity index (χ0v) is 56.8. The highest BCUT2D eigenvalue weighted by molar-refractivity contribution is 7.46. The Morgan fingerprint density at radius 1 is 0.768 bits per heavy atom. The van der Waals surface area contributed by atoms with Gasteiger partial charge in [-0.15, -0.1) is 23.2 Å². The van der Waals surface area contributed by atoms with Crippen LogP contribution < -0.4 is 57.1 Å². The third-order valence-corrected chi connectivity index (χ3v) is 19.0. The second-order valence-electron chi connectivity index (χ2n) is 25.1. The third kappa shape index (κ3) is 17.3. The van der Waals surface area contributed by atoms with E-state index in [0.29, 0.717) is 77.7 Å². The SMILES string of the molecule is CC(=O)N[C@@H](CCCCN)C(=O)N[C@H](C(=O)N[C@@H](CCCNC(N)=O)C(=O)Nc1ccc(COC(=O)N(C)CCN(C)C(=O)Oc2cc3c(c4c(C)c[nH]c24)[C@H](CCl)CN3C(=O)C2(CCC(=O)N3C[C@@H](CCl)c4c3cc(OP(=O)(O)O)c3[nH]cc(C)c43)CCC2)cc1)C(C)C. The fourth-order valence-electron chi connectivity index (χ4n) is 12.6. The van der Waals surface area contributed by atoms with Crippen molar-refractivity contribution in [1.29, 1.82) is 0 Å². The van der Waals surface area contributed by atoms with Crippen LogP contribution in [0.25, 0.3) is 21.8 Å². The van der Waals surface area contributed by atoms with E-state index in [1.807, 2.05) is 13.8 Å². The number of hydrogen-bond acceptors (Lipinski definition) is 14. The van der Waals surface area contributed by atoms with Crippen molar-refractivity contribution in [3.8, 4) is 11.5 Å². The molecule has 4 heterocycles. The molecular formula is C64H86Cl2N13O15P. The van der Waals surface area contributed by atoms with Gasteiger partial charge in [-0.05, 0) is 118 Å². The first-order valence-electron chi connectivity index (χ1n) is 31.7. The summed E-state index contributed by atoms with van der Waals surface area (Å²) in [5.74, 6) is -3.29. The van der Waals surface area contributed by atoms with E-state index in [1.54, 1.807) is 66.4 Å². The molecule has 1 aliphatic carbocycles. The lowest BCUT2D eigenvalue weighted by molar-refractivity contribution is -0.134. The first-order valence-corrected chi connectivity index (χ1v) is 34.3. The first-order chi connectivity index (χ1) is 45.1. The van der Waals surface area contributed by atoms with Crippen molar-refractivity contribution in [2.24, 2.45) is 22.8 Å². The maximum atomic E-state index is 15.1. The Bertz CT molecular complexity index is 3740. The largest absolute Gasteiger partial charge is 0.524 e. The number of nitrogens with two attached hydrogens (primary N) is 2. The second kappa shape index (κ2) is 31.6. The van der Waals surface area contributed by atoms with Crippen LogP contribution in [0.4, 0.5) is 31.4 Å². The zero-order valence-electron chi connectivity index (χ0n) is 54.4. The van der Waals surface area contributed by atoms with Crippen LogP contribution in [0.3, 0.4) is 0 Å². The number of primary amides is 1. The fourth-order valence-corrected chi connectivity index (χ4v) is 13.5. The fraction of sp³-hybridized carbons (Fsp3) is 0.516. The zero-order chi connectivity index (χ0) is 69.2. The quantitative estimate of drug-likeness (QED) is 0.0124. The number of fused-ring (bicyclic) bond motifs is 6. The van der Waals surface area contributed by atoms with E-state index in [4.69, 9.17) is 48.7 Å². The summed E-state index contributed by atoms with van der Waals surface area (Å²) in [6.45, 7) is 9.36. The standard InChI is InChI=1S/C64H86Cl2N13O15P/c1-35(2)54(75-58(83)43(72-38(5)80)12-8-9-22-67)59(84)74-44(13-10-23-69-61(68)86)57(82)73-42-16-14-39(15-17-42)34-92-62(87)76(6)24-25-77(7)63(88)93-47-26-46-53(50-36(3)30-70-55(47)50)41(29-66)33-79(46)60(85)64(19-11-20-64)21-18-49(81)78-32-40(28-65)52-45(78)27-48(94-95(89,90)91)56-51(52)37(4)31-71-56/h14-17,26-27,30-31,35,40-41,43-44,54,70-71H,8-13,18-25,28-29,32-34,67H2,1-7H3,(H,72,80)(H,73,82)(H,74,84)(H,75,83)(H3,68,69,86)(H2,89,90,91)/t40-,41-,43+,44+,54+/m1/s1. The van der Waals surface area contributed by atoms with E-state index >= 15 is 4.79 Å². The number of aromatic nitrogens is 2. The summed E-state index contributed by atoms with van der Waals surface area (Å²) >= 11 is 13.2. The average Bonchev–Trinajstić information content (AvgIpc) is 1.60. The summed E-state index contributed by atoms with van der Waals surface area (Å²) in [6.07, 6.45) is 5.85. The number of rotatable bonds is 30. The number of urea groups is 1. The van der Waals surface area contributed by atoms with Crippen LogP contribution in [0.5, 0.6) is 11.5 Å². The number of H-pyrrole nitrogens is 2. The van der Waals surface area contributed by atoms with Crippen molar-refractivity contribution in [2.45, 2.75) is 135 Å². The number of likely N-dealkylation sites (N-methyl/N-ethyl adjacent to an activating group) is 2. The number of hydrogen-bond donors (Lipinski definition) is 11. The topological polar surface area (TPSA) is 396 Å². The predicted octanol–water partition coefficient (Wildman–Crippen LogP) is 7.07. The molecule has 5 aromatic rings. The number of phosphoric acid groups is 1. The predicted molar refractivity (Wildman–Crippen MR) is 358 cm³/mol. The van der Waals surface area contributed by atoms with Gasteiger partial charge in [0.25, 0.3) is 0 Å². The molecule has 3 aromatic carbocycles. The molecule has 10 amide bonds. The number of aryl methyl sites for hydroxylation is 2. The highest BCUT2D eigenvalue weighted by atomic mass is 35.5. The van der Waals surface area contributed by atoms with Crippen molar-refractivity contribution in [1.82, 2.24) is 41.0 Å². The number of benzene rings is 3. The molecule has 28 nitrogen and oxygen atoms in total. The number of ether oxygens (including phenoxy) is 2. The lowest BCUT2D eigenvalue weighted by atomic mass is 9.65. The molecule has 5 atom stereocenters. The number of unbranched alkanes of at least 4 members (excludes halogenated alkanes) is 1. The monoisotopic (exact) mass is 1380 g/mol. The second-order valence-corrected chi connectivity index (χ2v) is 26.9. The number of nitrogens with one attached hydrogen (secondary N) is 7. The minimum Gasteiger partial charge on any atom is -0.445 e. The summed E-state index contributed by atoms with van der Waals surface area (Å²) in [7, 11) is -1.98. The van der Waals surface area contributed by atoms with Gasteiger partial charge in [-0.2, -0.15) is 0 Å². The molecule has 0 spiro atoms.